The van der Waals surface area contributed by atoms with E-state index in [1.54, 1.807) is 16.4 Å². The zero-order valence-electron chi connectivity index (χ0n) is 17.2. The van der Waals surface area contributed by atoms with Crippen LogP contribution < -0.4 is 4.90 Å². The van der Waals surface area contributed by atoms with Crippen LogP contribution in [0.3, 0.4) is 0 Å². The fraction of sp³-hybridized carbons (Fsp3) is 0.167. The molecular formula is C24H21IN4O2S. The van der Waals surface area contributed by atoms with Crippen LogP contribution in [0.2, 0.25) is 0 Å². The fourth-order valence-electron chi connectivity index (χ4n) is 4.00. The van der Waals surface area contributed by atoms with Gasteiger partial charge in [-0.15, -0.1) is 10.2 Å². The van der Waals surface area contributed by atoms with Crippen molar-refractivity contribution in [2.45, 2.75) is 4.90 Å². The highest BCUT2D eigenvalue weighted by Gasteiger charge is 2.29. The van der Waals surface area contributed by atoms with E-state index >= 15 is 0 Å². The molecule has 1 aliphatic rings. The van der Waals surface area contributed by atoms with Gasteiger partial charge in [0.05, 0.1) is 10.6 Å². The second-order valence-corrected chi connectivity index (χ2v) is 10.8. The molecular weight excluding hydrogens is 535 g/mol. The second-order valence-electron chi connectivity index (χ2n) is 7.65. The maximum absolute atomic E-state index is 12.9. The van der Waals surface area contributed by atoms with Gasteiger partial charge in [-0.25, -0.2) is 8.42 Å². The summed E-state index contributed by atoms with van der Waals surface area (Å²) in [5.41, 5.74) is 1.88. The Bertz CT molecular complexity index is 1350. The maximum Gasteiger partial charge on any atom is 0.243 e. The van der Waals surface area contributed by atoms with Gasteiger partial charge in [0.15, 0.2) is 5.82 Å². The van der Waals surface area contributed by atoms with Crippen LogP contribution in [0.4, 0.5) is 5.82 Å². The van der Waals surface area contributed by atoms with Gasteiger partial charge in [-0.05, 0) is 69.8 Å². The van der Waals surface area contributed by atoms with E-state index in [1.807, 2.05) is 42.5 Å². The lowest BCUT2D eigenvalue weighted by molar-refractivity contribution is 0.383. The summed E-state index contributed by atoms with van der Waals surface area (Å²) in [6, 6.07) is 25.3. The number of hydrogen-bond donors (Lipinski definition) is 0. The Morgan fingerprint density at radius 2 is 1.47 bits per heavy atom. The fourth-order valence-corrected chi connectivity index (χ4v) is 5.78. The predicted molar refractivity (Wildman–Crippen MR) is 135 cm³/mol. The third-order valence-corrected chi connectivity index (χ3v) is 8.36. The van der Waals surface area contributed by atoms with Crippen LogP contribution in [-0.4, -0.2) is 49.1 Å². The van der Waals surface area contributed by atoms with Crippen molar-refractivity contribution in [3.8, 4) is 11.3 Å². The molecule has 0 amide bonds. The summed E-state index contributed by atoms with van der Waals surface area (Å²) in [4.78, 5) is 2.42. The van der Waals surface area contributed by atoms with Gasteiger partial charge in [0.2, 0.25) is 10.0 Å². The predicted octanol–water partition coefficient (Wildman–Crippen LogP) is 4.41. The summed E-state index contributed by atoms with van der Waals surface area (Å²) >= 11 is 2.17. The highest BCUT2D eigenvalue weighted by molar-refractivity contribution is 14.1. The Balaban J connectivity index is 1.31. The summed E-state index contributed by atoms with van der Waals surface area (Å²) in [5, 5.41) is 11.2. The lowest BCUT2D eigenvalue weighted by Gasteiger charge is -2.34. The van der Waals surface area contributed by atoms with Crippen molar-refractivity contribution in [2.24, 2.45) is 0 Å². The Hall–Kier alpha value is -2.56. The molecule has 162 valence electrons. The third kappa shape index (κ3) is 4.10. The SMILES string of the molecule is O=S(=O)(c1ccc(I)cc1)N1CCN(c2ccc(-c3cccc4ccccc34)nn2)CC1. The lowest BCUT2D eigenvalue weighted by atomic mass is 10.0. The Labute approximate surface area is 201 Å². The van der Waals surface area contributed by atoms with Crippen molar-refractivity contribution in [3.63, 3.8) is 0 Å². The molecule has 0 radical (unpaired) electrons. The van der Waals surface area contributed by atoms with Crippen molar-refractivity contribution >= 4 is 49.2 Å². The highest BCUT2D eigenvalue weighted by Crippen LogP contribution is 2.28. The first-order valence-corrected chi connectivity index (χ1v) is 12.9. The topological polar surface area (TPSA) is 66.4 Å². The molecule has 1 aliphatic heterocycles. The van der Waals surface area contributed by atoms with E-state index in [1.165, 1.54) is 5.39 Å². The van der Waals surface area contributed by atoms with Crippen LogP contribution >= 0.6 is 22.6 Å². The van der Waals surface area contributed by atoms with Crippen molar-refractivity contribution < 1.29 is 8.42 Å². The molecule has 0 aliphatic carbocycles. The van der Waals surface area contributed by atoms with Gasteiger partial charge in [-0.3, -0.25) is 0 Å². The average Bonchev–Trinajstić information content (AvgIpc) is 2.84. The first-order valence-electron chi connectivity index (χ1n) is 10.3. The van der Waals surface area contributed by atoms with Crippen LogP contribution in [0.25, 0.3) is 22.0 Å². The van der Waals surface area contributed by atoms with Crippen LogP contribution in [0.5, 0.6) is 0 Å². The number of piperazine rings is 1. The summed E-state index contributed by atoms with van der Waals surface area (Å²) in [7, 11) is -3.48. The number of rotatable bonds is 4. The number of benzene rings is 3. The van der Waals surface area contributed by atoms with Gasteiger partial charge in [0.1, 0.15) is 0 Å². The van der Waals surface area contributed by atoms with Gasteiger partial charge >= 0.3 is 0 Å². The maximum atomic E-state index is 12.9. The van der Waals surface area contributed by atoms with Crippen molar-refractivity contribution in [3.05, 3.63) is 82.4 Å². The van der Waals surface area contributed by atoms with Gasteiger partial charge < -0.3 is 4.90 Å². The average molecular weight is 556 g/mol. The number of hydrogen-bond acceptors (Lipinski definition) is 5. The first kappa shape index (κ1) is 21.3. The second kappa shape index (κ2) is 8.76. The Morgan fingerprint density at radius 1 is 0.750 bits per heavy atom. The molecule has 4 aromatic rings. The molecule has 0 unspecified atom stereocenters. The number of aromatic nitrogens is 2. The molecule has 0 atom stereocenters. The van der Waals surface area contributed by atoms with Crippen LogP contribution in [0.15, 0.2) is 83.8 Å². The van der Waals surface area contributed by atoms with Gasteiger partial charge in [0.25, 0.3) is 0 Å². The van der Waals surface area contributed by atoms with Crippen LogP contribution in [0.1, 0.15) is 0 Å². The molecule has 0 saturated carbocycles. The van der Waals surface area contributed by atoms with E-state index < -0.39 is 10.0 Å². The molecule has 0 N–H and O–H groups in total. The molecule has 6 nitrogen and oxygen atoms in total. The number of sulfonamides is 1. The van der Waals surface area contributed by atoms with E-state index in [9.17, 15) is 8.42 Å². The number of anilines is 1. The van der Waals surface area contributed by atoms with E-state index in [0.717, 1.165) is 26.0 Å². The molecule has 8 heteroatoms. The van der Waals surface area contributed by atoms with E-state index in [4.69, 9.17) is 0 Å². The smallest absolute Gasteiger partial charge is 0.243 e. The summed E-state index contributed by atoms with van der Waals surface area (Å²) in [5.74, 6) is 0.764. The van der Waals surface area contributed by atoms with Gasteiger partial charge in [-0.2, -0.15) is 4.31 Å². The summed E-state index contributed by atoms with van der Waals surface area (Å²) in [6.07, 6.45) is 0. The van der Waals surface area contributed by atoms with E-state index in [0.29, 0.717) is 31.1 Å². The lowest BCUT2D eigenvalue weighted by Crippen LogP contribution is -2.49. The molecule has 0 bridgehead atoms. The van der Waals surface area contributed by atoms with E-state index in [-0.39, 0.29) is 0 Å². The minimum absolute atomic E-state index is 0.339. The Morgan fingerprint density at radius 3 is 2.19 bits per heavy atom. The van der Waals surface area contributed by atoms with Crippen molar-refractivity contribution in [1.82, 2.24) is 14.5 Å². The van der Waals surface area contributed by atoms with Crippen molar-refractivity contribution in [1.29, 1.82) is 0 Å². The number of fused-ring (bicyclic) bond motifs is 1. The third-order valence-electron chi connectivity index (χ3n) is 5.73. The highest BCUT2D eigenvalue weighted by atomic mass is 127. The van der Waals surface area contributed by atoms with Crippen molar-refractivity contribution in [2.75, 3.05) is 31.1 Å². The quantitative estimate of drug-likeness (QED) is 0.349. The molecule has 1 aromatic heterocycles. The monoisotopic (exact) mass is 556 g/mol. The molecule has 1 saturated heterocycles. The minimum Gasteiger partial charge on any atom is -0.352 e. The largest absolute Gasteiger partial charge is 0.352 e. The first-order chi connectivity index (χ1) is 15.5. The Kier molecular flexibility index (Phi) is 5.83. The van der Waals surface area contributed by atoms with Gasteiger partial charge in [0, 0.05) is 35.3 Å². The molecule has 5 rings (SSSR count). The zero-order valence-corrected chi connectivity index (χ0v) is 20.2. The molecule has 3 aromatic carbocycles. The van der Waals surface area contributed by atoms with Crippen LogP contribution in [-0.2, 0) is 10.0 Å². The summed E-state index contributed by atoms with van der Waals surface area (Å²) in [6.45, 7) is 1.99. The molecule has 1 fully saturated rings. The molecule has 2 heterocycles. The molecule has 0 spiro atoms. The van der Waals surface area contributed by atoms with Crippen LogP contribution in [0, 0.1) is 3.57 Å². The molecule has 32 heavy (non-hydrogen) atoms. The normalized spacial score (nSPS) is 15.2. The zero-order chi connectivity index (χ0) is 22.1. The minimum atomic E-state index is -3.48. The number of nitrogens with zero attached hydrogens (tertiary/aromatic N) is 4. The summed E-state index contributed by atoms with van der Waals surface area (Å²) < 4.78 is 28.4. The standard InChI is InChI=1S/C24H21IN4O2S/c25-19-8-10-20(11-9-19)32(30,31)29-16-14-28(15-17-29)24-13-12-23(26-27-24)22-7-3-5-18-4-1-2-6-21(18)22/h1-13H,14-17H2. The number of halogens is 1. The van der Waals surface area contributed by atoms with E-state index in [2.05, 4.69) is 62.0 Å². The van der Waals surface area contributed by atoms with Gasteiger partial charge in [-0.1, -0.05) is 42.5 Å².